The number of nitrogens with zero attached hydrogens (tertiary/aromatic N) is 2. The van der Waals surface area contributed by atoms with Gasteiger partial charge in [0.05, 0.1) is 42.2 Å². The Balaban J connectivity index is 1.99. The first-order valence-electron chi connectivity index (χ1n) is 8.90. The number of aromatic nitrogens is 2. The van der Waals surface area contributed by atoms with Crippen molar-refractivity contribution in [3.63, 3.8) is 0 Å². The summed E-state index contributed by atoms with van der Waals surface area (Å²) in [5, 5.41) is 2.87. The van der Waals surface area contributed by atoms with Gasteiger partial charge in [-0.2, -0.15) is 23.5 Å². The van der Waals surface area contributed by atoms with Crippen LogP contribution >= 0.6 is 23.5 Å². The van der Waals surface area contributed by atoms with Crippen LogP contribution in [0.3, 0.4) is 0 Å². The lowest BCUT2D eigenvalue weighted by atomic mass is 10.1. The molecule has 2 rings (SSSR count). The molecule has 1 aromatic carbocycles. The number of thioether (sulfide) groups is 2. The van der Waals surface area contributed by atoms with Crippen LogP contribution < -0.4 is 5.32 Å². The second-order valence-electron chi connectivity index (χ2n) is 5.75. The van der Waals surface area contributed by atoms with Crippen LogP contribution in [0.2, 0.25) is 0 Å². The average molecular weight is 410 g/mol. The molecule has 1 heterocycles. The molecule has 0 radical (unpaired) electrons. The molecule has 2 aromatic rings. The summed E-state index contributed by atoms with van der Waals surface area (Å²) in [6.07, 6.45) is 4.11. The van der Waals surface area contributed by atoms with Crippen molar-refractivity contribution >= 4 is 40.5 Å². The highest BCUT2D eigenvalue weighted by Crippen LogP contribution is 2.20. The highest BCUT2D eigenvalue weighted by molar-refractivity contribution is 7.98. The number of carbonyl (C=O) groups is 1. The third-order valence-corrected chi connectivity index (χ3v) is 4.88. The summed E-state index contributed by atoms with van der Waals surface area (Å²) in [4.78, 5) is 21.8. The summed E-state index contributed by atoms with van der Waals surface area (Å²) < 4.78 is 10.6. The van der Waals surface area contributed by atoms with E-state index in [9.17, 15) is 4.79 Å². The fraction of sp³-hybridized carbons (Fsp3) is 0.526. The number of nitrogens with one attached hydrogen (secondary N) is 1. The van der Waals surface area contributed by atoms with E-state index in [-0.39, 0.29) is 5.91 Å². The van der Waals surface area contributed by atoms with Gasteiger partial charge in [0, 0.05) is 30.2 Å². The van der Waals surface area contributed by atoms with Gasteiger partial charge in [-0.1, -0.05) is 0 Å². The Kier molecular flexibility index (Phi) is 9.90. The van der Waals surface area contributed by atoms with Crippen molar-refractivity contribution in [2.75, 3.05) is 45.5 Å². The highest BCUT2D eigenvalue weighted by Gasteiger charge is 2.11. The van der Waals surface area contributed by atoms with Gasteiger partial charge < -0.3 is 14.8 Å². The Morgan fingerprint density at radius 1 is 1.00 bits per heavy atom. The van der Waals surface area contributed by atoms with Crippen molar-refractivity contribution in [2.45, 2.75) is 18.4 Å². The Morgan fingerprint density at radius 3 is 2.33 bits per heavy atom. The maximum atomic E-state index is 12.4. The van der Waals surface area contributed by atoms with E-state index in [1.165, 1.54) is 0 Å². The number of benzene rings is 1. The molecular weight excluding hydrogens is 382 g/mol. The Bertz CT molecular complexity index is 743. The molecule has 8 heteroatoms. The molecule has 1 aromatic heterocycles. The van der Waals surface area contributed by atoms with E-state index in [0.29, 0.717) is 38.5 Å². The first-order valence-corrected chi connectivity index (χ1v) is 11.7. The second kappa shape index (κ2) is 12.2. The average Bonchev–Trinajstić information content (AvgIpc) is 2.67. The van der Waals surface area contributed by atoms with E-state index in [4.69, 9.17) is 19.4 Å². The third kappa shape index (κ3) is 6.95. The van der Waals surface area contributed by atoms with Gasteiger partial charge in [0.1, 0.15) is 0 Å². The molecule has 0 saturated heterocycles. The summed E-state index contributed by atoms with van der Waals surface area (Å²) >= 11 is 3.45. The van der Waals surface area contributed by atoms with Crippen LogP contribution in [0.25, 0.3) is 11.0 Å². The number of ether oxygens (including phenoxy) is 2. The molecule has 0 bridgehead atoms. The molecule has 6 nitrogen and oxygen atoms in total. The van der Waals surface area contributed by atoms with E-state index in [0.717, 1.165) is 33.9 Å². The van der Waals surface area contributed by atoms with Gasteiger partial charge in [-0.15, -0.1) is 0 Å². The predicted octanol–water partition coefficient (Wildman–Crippen LogP) is 3.14. The van der Waals surface area contributed by atoms with E-state index >= 15 is 0 Å². The zero-order valence-electron chi connectivity index (χ0n) is 16.1. The van der Waals surface area contributed by atoms with Crippen LogP contribution in [-0.4, -0.2) is 61.4 Å². The van der Waals surface area contributed by atoms with Crippen LogP contribution in [0.1, 0.15) is 28.7 Å². The van der Waals surface area contributed by atoms with E-state index < -0.39 is 0 Å². The fourth-order valence-corrected chi connectivity index (χ4v) is 3.49. The fourth-order valence-electron chi connectivity index (χ4n) is 2.48. The lowest BCUT2D eigenvalue weighted by molar-refractivity contribution is 0.0531. The molecule has 148 valence electrons. The third-order valence-electron chi connectivity index (χ3n) is 3.75. The Labute approximate surface area is 169 Å². The monoisotopic (exact) mass is 409 g/mol. The van der Waals surface area contributed by atoms with Gasteiger partial charge in [-0.3, -0.25) is 4.79 Å². The van der Waals surface area contributed by atoms with Gasteiger partial charge in [0.15, 0.2) is 0 Å². The van der Waals surface area contributed by atoms with Crippen molar-refractivity contribution in [3.8, 4) is 0 Å². The lowest BCUT2D eigenvalue weighted by Crippen LogP contribution is -2.27. The molecule has 0 atom stereocenters. The van der Waals surface area contributed by atoms with Crippen LogP contribution in [0.5, 0.6) is 0 Å². The number of hydrogen-bond acceptors (Lipinski definition) is 7. The standard InChI is InChI=1S/C19H27N3O3S2/c1-4-24-9-10-25-8-7-20-19(23)14-5-6-15-16(11-14)22-18(13-27-3)17(21-15)12-26-2/h5-6,11H,4,7-10,12-13H2,1-3H3,(H,20,23). The van der Waals surface area contributed by atoms with Crippen LogP contribution in [0.4, 0.5) is 0 Å². The van der Waals surface area contributed by atoms with E-state index in [2.05, 4.69) is 17.8 Å². The van der Waals surface area contributed by atoms with Crippen LogP contribution in [-0.2, 0) is 21.0 Å². The first-order chi connectivity index (χ1) is 13.2. The zero-order valence-corrected chi connectivity index (χ0v) is 17.8. The Hall–Kier alpha value is -1.35. The number of carbonyl (C=O) groups excluding carboxylic acids is 1. The van der Waals surface area contributed by atoms with Crippen molar-refractivity contribution in [2.24, 2.45) is 0 Å². The SMILES string of the molecule is CCOCCOCCNC(=O)c1ccc2nc(CSC)c(CSC)nc2c1. The smallest absolute Gasteiger partial charge is 0.251 e. The predicted molar refractivity (Wildman–Crippen MR) is 114 cm³/mol. The van der Waals surface area contributed by atoms with E-state index in [1.54, 1.807) is 35.7 Å². The minimum atomic E-state index is -0.133. The topological polar surface area (TPSA) is 73.3 Å². The summed E-state index contributed by atoms with van der Waals surface area (Å²) in [6.45, 7) is 4.65. The minimum absolute atomic E-state index is 0.133. The second-order valence-corrected chi connectivity index (χ2v) is 7.48. The minimum Gasteiger partial charge on any atom is -0.379 e. The van der Waals surface area contributed by atoms with Gasteiger partial charge >= 0.3 is 0 Å². The maximum Gasteiger partial charge on any atom is 0.251 e. The Morgan fingerprint density at radius 2 is 1.67 bits per heavy atom. The van der Waals surface area contributed by atoms with Gasteiger partial charge in [0.2, 0.25) is 0 Å². The molecule has 0 unspecified atom stereocenters. The van der Waals surface area contributed by atoms with Gasteiger partial charge in [-0.25, -0.2) is 9.97 Å². The maximum absolute atomic E-state index is 12.4. The molecule has 0 aliphatic heterocycles. The van der Waals surface area contributed by atoms with Gasteiger partial charge in [-0.05, 0) is 37.6 Å². The van der Waals surface area contributed by atoms with Crippen molar-refractivity contribution < 1.29 is 14.3 Å². The molecule has 1 amide bonds. The van der Waals surface area contributed by atoms with Crippen LogP contribution in [0, 0.1) is 0 Å². The lowest BCUT2D eigenvalue weighted by Gasteiger charge is -2.10. The zero-order chi connectivity index (χ0) is 19.5. The number of amides is 1. The molecule has 27 heavy (non-hydrogen) atoms. The van der Waals surface area contributed by atoms with Crippen molar-refractivity contribution in [1.82, 2.24) is 15.3 Å². The number of hydrogen-bond donors (Lipinski definition) is 1. The summed E-state index contributed by atoms with van der Waals surface area (Å²) in [5.74, 6) is 1.52. The van der Waals surface area contributed by atoms with E-state index in [1.807, 2.05) is 13.0 Å². The number of fused-ring (bicyclic) bond motifs is 1. The van der Waals surface area contributed by atoms with Crippen molar-refractivity contribution in [1.29, 1.82) is 0 Å². The molecule has 0 saturated carbocycles. The summed E-state index contributed by atoms with van der Waals surface area (Å²) in [7, 11) is 0. The summed E-state index contributed by atoms with van der Waals surface area (Å²) in [6, 6.07) is 5.46. The molecule has 0 aliphatic carbocycles. The van der Waals surface area contributed by atoms with Crippen molar-refractivity contribution in [3.05, 3.63) is 35.2 Å². The summed E-state index contributed by atoms with van der Waals surface area (Å²) in [5.41, 5.74) is 4.17. The van der Waals surface area contributed by atoms with Crippen LogP contribution in [0.15, 0.2) is 18.2 Å². The quantitative estimate of drug-likeness (QED) is 0.540. The normalized spacial score (nSPS) is 11.1. The largest absolute Gasteiger partial charge is 0.379 e. The molecule has 0 spiro atoms. The highest BCUT2D eigenvalue weighted by atomic mass is 32.2. The number of rotatable bonds is 12. The first kappa shape index (κ1) is 21.9. The molecule has 0 fully saturated rings. The molecule has 1 N–H and O–H groups in total. The van der Waals surface area contributed by atoms with Gasteiger partial charge in [0.25, 0.3) is 5.91 Å². The molecule has 0 aliphatic rings. The molecular formula is C19H27N3O3S2.